The molecule has 2 nitrogen and oxygen atoms in total. The fraction of sp³-hybridized carbons (Fsp3) is 0. The molecule has 0 N–H and O–H groups in total. The standard InChI is InChI=1S/C9H5FNO/c10-9-4-7(1-2-12)3-8(5-9)6-11/h1-5H. The maximum atomic E-state index is 12.7. The second kappa shape index (κ2) is 3.63. The van der Waals surface area contributed by atoms with Crippen LogP contribution < -0.4 is 0 Å². The molecule has 0 aliphatic carbocycles. The maximum absolute atomic E-state index is 12.7. The van der Waals surface area contributed by atoms with Gasteiger partial charge in [-0.3, -0.25) is 0 Å². The Labute approximate surface area is 69.2 Å². The zero-order valence-corrected chi connectivity index (χ0v) is 6.12. The van der Waals surface area contributed by atoms with Crippen molar-refractivity contribution in [2.24, 2.45) is 0 Å². The highest BCUT2D eigenvalue weighted by Crippen LogP contribution is 2.09. The number of benzene rings is 1. The van der Waals surface area contributed by atoms with Crippen molar-refractivity contribution >= 4 is 6.29 Å². The number of halogens is 1. The van der Waals surface area contributed by atoms with E-state index in [9.17, 15) is 9.18 Å². The summed E-state index contributed by atoms with van der Waals surface area (Å²) in [7, 11) is 0. The first kappa shape index (κ1) is 8.41. The number of nitriles is 1. The van der Waals surface area contributed by atoms with Crippen LogP contribution in [-0.2, 0) is 4.79 Å². The molecule has 1 aromatic rings. The number of hydrogen-bond acceptors (Lipinski definition) is 2. The molecular weight excluding hydrogens is 157 g/mol. The lowest BCUT2D eigenvalue weighted by molar-refractivity contribution is -0.104. The van der Waals surface area contributed by atoms with Crippen molar-refractivity contribution in [3.8, 4) is 6.07 Å². The van der Waals surface area contributed by atoms with Gasteiger partial charge in [0.15, 0.2) is 0 Å². The predicted molar refractivity (Wildman–Crippen MR) is 40.6 cm³/mol. The first-order valence-electron chi connectivity index (χ1n) is 3.25. The van der Waals surface area contributed by atoms with Gasteiger partial charge >= 0.3 is 0 Å². The number of carbonyl (C=O) groups is 1. The molecule has 0 unspecified atom stereocenters. The monoisotopic (exact) mass is 162 g/mol. The van der Waals surface area contributed by atoms with Crippen molar-refractivity contribution < 1.29 is 9.18 Å². The van der Waals surface area contributed by atoms with Crippen LogP contribution in [0.1, 0.15) is 11.1 Å². The van der Waals surface area contributed by atoms with Crippen LogP contribution in [0, 0.1) is 23.6 Å². The Balaban J connectivity index is 3.07. The Bertz CT molecular complexity index is 341. The van der Waals surface area contributed by atoms with Crippen molar-refractivity contribution in [1.82, 2.24) is 0 Å². The largest absolute Gasteiger partial charge is 0.303 e. The van der Waals surface area contributed by atoms with Crippen LogP contribution in [0.25, 0.3) is 0 Å². The van der Waals surface area contributed by atoms with Gasteiger partial charge in [0.2, 0.25) is 0 Å². The molecule has 0 bridgehead atoms. The summed E-state index contributed by atoms with van der Waals surface area (Å²) >= 11 is 0. The van der Waals surface area contributed by atoms with Gasteiger partial charge in [-0.2, -0.15) is 5.26 Å². The van der Waals surface area contributed by atoms with E-state index < -0.39 is 5.82 Å². The second-order valence-electron chi connectivity index (χ2n) is 2.19. The first-order valence-corrected chi connectivity index (χ1v) is 3.25. The molecular formula is C9H5FNO. The van der Waals surface area contributed by atoms with Crippen molar-refractivity contribution in [2.45, 2.75) is 0 Å². The topological polar surface area (TPSA) is 40.9 Å². The van der Waals surface area contributed by atoms with Crippen LogP contribution in [0.4, 0.5) is 4.39 Å². The average molecular weight is 162 g/mol. The molecule has 0 aliphatic rings. The Kier molecular flexibility index (Phi) is 2.54. The van der Waals surface area contributed by atoms with Crippen molar-refractivity contribution in [2.75, 3.05) is 0 Å². The Hall–Kier alpha value is -1.69. The van der Waals surface area contributed by atoms with Gasteiger partial charge in [0.25, 0.3) is 0 Å². The molecule has 1 aromatic carbocycles. The lowest BCUT2D eigenvalue weighted by Gasteiger charge is -1.95. The van der Waals surface area contributed by atoms with E-state index in [-0.39, 0.29) is 5.56 Å². The van der Waals surface area contributed by atoms with Crippen LogP contribution in [0.15, 0.2) is 18.2 Å². The molecule has 0 aliphatic heterocycles. The lowest BCUT2D eigenvalue weighted by atomic mass is 10.1. The second-order valence-corrected chi connectivity index (χ2v) is 2.19. The Morgan fingerprint density at radius 2 is 2.17 bits per heavy atom. The highest BCUT2D eigenvalue weighted by atomic mass is 19.1. The van der Waals surface area contributed by atoms with E-state index in [2.05, 4.69) is 0 Å². The summed E-state index contributed by atoms with van der Waals surface area (Å²) in [5.74, 6) is -0.512. The Morgan fingerprint density at radius 1 is 1.42 bits per heavy atom. The molecule has 0 aromatic heterocycles. The molecule has 3 heteroatoms. The van der Waals surface area contributed by atoms with Gasteiger partial charge in [0.1, 0.15) is 12.1 Å². The number of rotatable bonds is 2. The SMILES string of the molecule is N#Cc1cc(F)cc([CH]C=O)c1. The summed E-state index contributed by atoms with van der Waals surface area (Å²) in [5.41, 5.74) is 0.615. The number of carbonyl (C=O) groups excluding carboxylic acids is 1. The van der Waals surface area contributed by atoms with Gasteiger partial charge in [-0.05, 0) is 23.8 Å². The molecule has 1 radical (unpaired) electrons. The highest BCUT2D eigenvalue weighted by molar-refractivity contribution is 5.68. The predicted octanol–water partition coefficient (Wildman–Crippen LogP) is 1.45. The number of hydrogen-bond donors (Lipinski definition) is 0. The van der Waals surface area contributed by atoms with Crippen molar-refractivity contribution in [3.63, 3.8) is 0 Å². The third kappa shape index (κ3) is 1.89. The average Bonchev–Trinajstić information content (AvgIpc) is 2.04. The molecule has 0 atom stereocenters. The normalized spacial score (nSPS) is 9.00. The minimum atomic E-state index is -0.512. The molecule has 59 valence electrons. The van der Waals surface area contributed by atoms with Gasteiger partial charge < -0.3 is 4.79 Å². The third-order valence-electron chi connectivity index (χ3n) is 1.31. The van der Waals surface area contributed by atoms with Gasteiger partial charge in [-0.15, -0.1) is 0 Å². The molecule has 0 saturated heterocycles. The quantitative estimate of drug-likeness (QED) is 0.617. The lowest BCUT2D eigenvalue weighted by Crippen LogP contribution is -1.87. The fourth-order valence-electron chi connectivity index (χ4n) is 0.852. The number of aldehydes is 1. The van der Waals surface area contributed by atoms with Crippen LogP contribution in [0.2, 0.25) is 0 Å². The van der Waals surface area contributed by atoms with Crippen LogP contribution in [-0.4, -0.2) is 6.29 Å². The summed E-state index contributed by atoms with van der Waals surface area (Å²) in [6.45, 7) is 0. The van der Waals surface area contributed by atoms with Gasteiger partial charge in [-0.25, -0.2) is 4.39 Å². The molecule has 0 saturated carbocycles. The summed E-state index contributed by atoms with van der Waals surface area (Å²) in [6.07, 6.45) is 1.75. The van der Waals surface area contributed by atoms with E-state index in [1.54, 1.807) is 6.07 Å². The van der Waals surface area contributed by atoms with E-state index in [1.165, 1.54) is 18.6 Å². The Morgan fingerprint density at radius 3 is 2.75 bits per heavy atom. The molecule has 0 amide bonds. The fourth-order valence-corrected chi connectivity index (χ4v) is 0.852. The summed E-state index contributed by atoms with van der Waals surface area (Å²) in [4.78, 5) is 10.0. The van der Waals surface area contributed by atoms with E-state index >= 15 is 0 Å². The van der Waals surface area contributed by atoms with Crippen molar-refractivity contribution in [1.29, 1.82) is 5.26 Å². The number of nitrogens with zero attached hydrogens (tertiary/aromatic N) is 1. The van der Waals surface area contributed by atoms with Crippen molar-refractivity contribution in [3.05, 3.63) is 41.6 Å². The van der Waals surface area contributed by atoms with Gasteiger partial charge in [-0.1, -0.05) is 0 Å². The zero-order chi connectivity index (χ0) is 8.97. The molecule has 1 rings (SSSR count). The zero-order valence-electron chi connectivity index (χ0n) is 6.12. The molecule has 12 heavy (non-hydrogen) atoms. The summed E-state index contributed by atoms with van der Waals surface area (Å²) < 4.78 is 12.7. The van der Waals surface area contributed by atoms with E-state index in [1.807, 2.05) is 0 Å². The molecule has 0 spiro atoms. The van der Waals surface area contributed by atoms with E-state index in [4.69, 9.17) is 5.26 Å². The molecule has 0 heterocycles. The van der Waals surface area contributed by atoms with Crippen LogP contribution >= 0.6 is 0 Å². The van der Waals surface area contributed by atoms with Crippen LogP contribution in [0.5, 0.6) is 0 Å². The van der Waals surface area contributed by atoms with Gasteiger partial charge in [0.05, 0.1) is 18.1 Å². The van der Waals surface area contributed by atoms with Gasteiger partial charge in [0, 0.05) is 0 Å². The first-order chi connectivity index (χ1) is 5.76. The van der Waals surface area contributed by atoms with Crippen LogP contribution in [0.3, 0.4) is 0 Å². The minimum absolute atomic E-state index is 0.211. The molecule has 0 fully saturated rings. The third-order valence-corrected chi connectivity index (χ3v) is 1.31. The summed E-state index contributed by atoms with van der Waals surface area (Å²) in [6, 6.07) is 5.54. The highest BCUT2D eigenvalue weighted by Gasteiger charge is 1.99. The maximum Gasteiger partial charge on any atom is 0.128 e. The summed E-state index contributed by atoms with van der Waals surface area (Å²) in [5, 5.41) is 8.44. The minimum Gasteiger partial charge on any atom is -0.303 e. The van der Waals surface area contributed by atoms with E-state index in [0.717, 1.165) is 6.07 Å². The smallest absolute Gasteiger partial charge is 0.128 e. The van der Waals surface area contributed by atoms with E-state index in [0.29, 0.717) is 11.8 Å².